The standard InChI is InChI=1S/C15H17ClN2O3S/c1-20-12-6-5-10(8-13(12)21-2)11-9-22-15(17-11)18-14(19)4-3-7-16/h5-6,8-9H,3-4,7H2,1-2H3,(H,17,18,19). The smallest absolute Gasteiger partial charge is 0.226 e. The van der Waals surface area contributed by atoms with Gasteiger partial charge in [-0.1, -0.05) is 0 Å². The highest BCUT2D eigenvalue weighted by molar-refractivity contribution is 7.14. The Balaban J connectivity index is 2.12. The first-order valence-corrected chi connectivity index (χ1v) is 8.13. The molecule has 0 aliphatic heterocycles. The summed E-state index contributed by atoms with van der Waals surface area (Å²) in [7, 11) is 3.18. The van der Waals surface area contributed by atoms with Crippen molar-refractivity contribution in [3.63, 3.8) is 0 Å². The molecule has 0 saturated heterocycles. The summed E-state index contributed by atoms with van der Waals surface area (Å²) in [5.41, 5.74) is 1.67. The van der Waals surface area contributed by atoms with Crippen molar-refractivity contribution in [2.24, 2.45) is 0 Å². The van der Waals surface area contributed by atoms with Gasteiger partial charge in [-0.15, -0.1) is 22.9 Å². The van der Waals surface area contributed by atoms with Crippen LogP contribution < -0.4 is 14.8 Å². The Kier molecular flexibility index (Phi) is 6.03. The maximum Gasteiger partial charge on any atom is 0.226 e. The lowest BCUT2D eigenvalue weighted by Gasteiger charge is -2.08. The second-order valence-electron chi connectivity index (χ2n) is 4.45. The first-order chi connectivity index (χ1) is 10.7. The number of methoxy groups -OCH3 is 2. The zero-order valence-electron chi connectivity index (χ0n) is 12.4. The average molecular weight is 341 g/mol. The summed E-state index contributed by atoms with van der Waals surface area (Å²) < 4.78 is 10.5. The van der Waals surface area contributed by atoms with E-state index in [-0.39, 0.29) is 5.91 Å². The van der Waals surface area contributed by atoms with Crippen LogP contribution in [0.3, 0.4) is 0 Å². The van der Waals surface area contributed by atoms with Gasteiger partial charge in [0, 0.05) is 23.2 Å². The Hall–Kier alpha value is -1.79. The van der Waals surface area contributed by atoms with Crippen molar-refractivity contribution in [2.75, 3.05) is 25.4 Å². The molecule has 1 N–H and O–H groups in total. The quantitative estimate of drug-likeness (QED) is 0.779. The molecule has 0 radical (unpaired) electrons. The van der Waals surface area contributed by atoms with Gasteiger partial charge in [0.05, 0.1) is 19.9 Å². The zero-order chi connectivity index (χ0) is 15.9. The van der Waals surface area contributed by atoms with Gasteiger partial charge >= 0.3 is 0 Å². The molecule has 118 valence electrons. The van der Waals surface area contributed by atoms with Crippen LogP contribution in [0.2, 0.25) is 0 Å². The van der Waals surface area contributed by atoms with Crippen molar-refractivity contribution >= 4 is 34.0 Å². The Labute approximate surface area is 138 Å². The lowest BCUT2D eigenvalue weighted by atomic mass is 10.1. The summed E-state index contributed by atoms with van der Waals surface area (Å²) in [6.45, 7) is 0. The maximum atomic E-state index is 11.7. The van der Waals surface area contributed by atoms with Gasteiger partial charge in [0.25, 0.3) is 0 Å². The topological polar surface area (TPSA) is 60.5 Å². The molecule has 0 atom stereocenters. The van der Waals surface area contributed by atoms with Gasteiger partial charge in [0.15, 0.2) is 16.6 Å². The summed E-state index contributed by atoms with van der Waals surface area (Å²) in [5.74, 6) is 1.70. The Morgan fingerprint density at radius 1 is 1.32 bits per heavy atom. The number of carbonyl (C=O) groups excluding carboxylic acids is 1. The molecule has 1 heterocycles. The second-order valence-corrected chi connectivity index (χ2v) is 5.68. The summed E-state index contributed by atoms with van der Waals surface area (Å²) in [5, 5.41) is 5.23. The van der Waals surface area contributed by atoms with E-state index in [2.05, 4.69) is 10.3 Å². The first kappa shape index (κ1) is 16.6. The monoisotopic (exact) mass is 340 g/mol. The zero-order valence-corrected chi connectivity index (χ0v) is 14.0. The van der Waals surface area contributed by atoms with Crippen LogP contribution in [0, 0.1) is 0 Å². The number of rotatable bonds is 7. The summed E-state index contributed by atoms with van der Waals surface area (Å²) >= 11 is 6.95. The fourth-order valence-corrected chi connectivity index (χ4v) is 2.74. The first-order valence-electron chi connectivity index (χ1n) is 6.71. The molecule has 0 bridgehead atoms. The van der Waals surface area contributed by atoms with Gasteiger partial charge in [0.2, 0.25) is 5.91 Å². The number of ether oxygens (including phenoxy) is 2. The van der Waals surface area contributed by atoms with E-state index < -0.39 is 0 Å². The van der Waals surface area contributed by atoms with E-state index in [0.29, 0.717) is 35.4 Å². The molecular formula is C15H17ClN2O3S. The molecule has 0 unspecified atom stereocenters. The van der Waals surface area contributed by atoms with Crippen molar-refractivity contribution in [3.05, 3.63) is 23.6 Å². The van der Waals surface area contributed by atoms with Crippen LogP contribution in [-0.4, -0.2) is 31.0 Å². The van der Waals surface area contributed by atoms with Crippen molar-refractivity contribution < 1.29 is 14.3 Å². The van der Waals surface area contributed by atoms with Crippen molar-refractivity contribution in [1.29, 1.82) is 0 Å². The van der Waals surface area contributed by atoms with Crippen molar-refractivity contribution in [3.8, 4) is 22.8 Å². The van der Waals surface area contributed by atoms with E-state index in [1.165, 1.54) is 11.3 Å². The van der Waals surface area contributed by atoms with Crippen LogP contribution >= 0.6 is 22.9 Å². The lowest BCUT2D eigenvalue weighted by Crippen LogP contribution is -2.10. The van der Waals surface area contributed by atoms with Gasteiger partial charge in [-0.2, -0.15) is 0 Å². The van der Waals surface area contributed by atoms with Crippen LogP contribution in [0.1, 0.15) is 12.8 Å². The number of anilines is 1. The Morgan fingerprint density at radius 3 is 2.77 bits per heavy atom. The van der Waals surface area contributed by atoms with Crippen LogP contribution in [0.5, 0.6) is 11.5 Å². The third-order valence-corrected chi connectivity index (χ3v) is 3.99. The van der Waals surface area contributed by atoms with E-state index >= 15 is 0 Å². The highest BCUT2D eigenvalue weighted by Gasteiger charge is 2.10. The molecule has 5 nitrogen and oxygen atoms in total. The molecular weight excluding hydrogens is 324 g/mol. The molecule has 0 aliphatic rings. The second kappa shape index (κ2) is 8.00. The highest BCUT2D eigenvalue weighted by atomic mass is 35.5. The molecule has 22 heavy (non-hydrogen) atoms. The van der Waals surface area contributed by atoms with Crippen molar-refractivity contribution in [1.82, 2.24) is 4.98 Å². The molecule has 0 saturated carbocycles. The minimum atomic E-state index is -0.0751. The molecule has 7 heteroatoms. The van der Waals surface area contributed by atoms with Gasteiger partial charge in [0.1, 0.15) is 0 Å². The number of hydrogen-bond acceptors (Lipinski definition) is 5. The molecule has 0 aliphatic carbocycles. The number of halogens is 1. The molecule has 1 amide bonds. The minimum Gasteiger partial charge on any atom is -0.493 e. The SMILES string of the molecule is COc1ccc(-c2csc(NC(=O)CCCCl)n2)cc1OC. The predicted octanol–water partition coefficient (Wildman–Crippen LogP) is 3.78. The van der Waals surface area contributed by atoms with Crippen LogP contribution in [0.25, 0.3) is 11.3 Å². The normalized spacial score (nSPS) is 10.3. The fourth-order valence-electron chi connectivity index (χ4n) is 1.87. The van der Waals surface area contributed by atoms with Gasteiger partial charge in [-0.25, -0.2) is 4.98 Å². The Morgan fingerprint density at radius 2 is 2.09 bits per heavy atom. The third-order valence-electron chi connectivity index (χ3n) is 2.97. The van der Waals surface area contributed by atoms with E-state index in [9.17, 15) is 4.79 Å². The minimum absolute atomic E-state index is 0.0751. The van der Waals surface area contributed by atoms with E-state index in [1.807, 2.05) is 23.6 Å². The van der Waals surface area contributed by atoms with Gasteiger partial charge in [-0.05, 0) is 24.6 Å². The van der Waals surface area contributed by atoms with E-state index in [4.69, 9.17) is 21.1 Å². The van der Waals surface area contributed by atoms with Crippen LogP contribution in [0.4, 0.5) is 5.13 Å². The number of thiazole rings is 1. The van der Waals surface area contributed by atoms with Crippen molar-refractivity contribution in [2.45, 2.75) is 12.8 Å². The number of aromatic nitrogens is 1. The predicted molar refractivity (Wildman–Crippen MR) is 89.2 cm³/mol. The van der Waals surface area contributed by atoms with E-state index in [1.54, 1.807) is 14.2 Å². The average Bonchev–Trinajstić information content (AvgIpc) is 3.00. The largest absolute Gasteiger partial charge is 0.493 e. The number of amides is 1. The molecule has 1 aromatic carbocycles. The number of nitrogens with one attached hydrogen (secondary N) is 1. The maximum absolute atomic E-state index is 11.7. The van der Waals surface area contributed by atoms with Gasteiger partial charge < -0.3 is 14.8 Å². The number of alkyl halides is 1. The number of nitrogens with zero attached hydrogens (tertiary/aromatic N) is 1. The highest BCUT2D eigenvalue weighted by Crippen LogP contribution is 2.33. The van der Waals surface area contributed by atoms with Gasteiger partial charge in [-0.3, -0.25) is 4.79 Å². The molecule has 1 aromatic heterocycles. The number of benzene rings is 1. The van der Waals surface area contributed by atoms with E-state index in [0.717, 1.165) is 11.3 Å². The number of carbonyl (C=O) groups is 1. The summed E-state index contributed by atoms with van der Waals surface area (Å²) in [4.78, 5) is 16.1. The Bertz CT molecular complexity index is 645. The summed E-state index contributed by atoms with van der Waals surface area (Å²) in [6, 6.07) is 5.58. The summed E-state index contributed by atoms with van der Waals surface area (Å²) in [6.07, 6.45) is 1.05. The number of hydrogen-bond donors (Lipinski definition) is 1. The van der Waals surface area contributed by atoms with Crippen LogP contribution in [0.15, 0.2) is 23.6 Å². The molecule has 0 fully saturated rings. The fraction of sp³-hybridized carbons (Fsp3) is 0.333. The van der Waals surface area contributed by atoms with Crippen LogP contribution in [-0.2, 0) is 4.79 Å². The molecule has 0 spiro atoms. The molecule has 2 aromatic rings. The molecule has 2 rings (SSSR count). The lowest BCUT2D eigenvalue weighted by molar-refractivity contribution is -0.116. The third kappa shape index (κ3) is 4.11.